The van der Waals surface area contributed by atoms with Crippen molar-refractivity contribution in [3.63, 3.8) is 0 Å². The Kier molecular flexibility index (Phi) is 3.07. The first kappa shape index (κ1) is 10.4. The van der Waals surface area contributed by atoms with Gasteiger partial charge in [-0.15, -0.1) is 0 Å². The summed E-state index contributed by atoms with van der Waals surface area (Å²) in [6, 6.07) is 5.71. The van der Waals surface area contributed by atoms with Crippen LogP contribution in [0.25, 0.3) is 0 Å². The van der Waals surface area contributed by atoms with Crippen LogP contribution >= 0.6 is 31.9 Å². The molecule has 0 bridgehead atoms. The van der Waals surface area contributed by atoms with Gasteiger partial charge in [0, 0.05) is 20.9 Å². The molecule has 0 heterocycles. The molecule has 1 nitrogen and oxygen atoms in total. The van der Waals surface area contributed by atoms with Crippen LogP contribution in [-0.4, -0.2) is 5.78 Å². The summed E-state index contributed by atoms with van der Waals surface area (Å²) in [5.41, 5.74) is 0.804. The summed E-state index contributed by atoms with van der Waals surface area (Å²) in [5, 5.41) is 0. The molecule has 0 aromatic heterocycles. The van der Waals surface area contributed by atoms with Crippen LogP contribution < -0.4 is 0 Å². The summed E-state index contributed by atoms with van der Waals surface area (Å²) < 4.78 is 1.90. The van der Waals surface area contributed by atoms with Crippen molar-refractivity contribution in [2.45, 2.75) is 19.3 Å². The Morgan fingerprint density at radius 2 is 1.79 bits per heavy atom. The Hall–Kier alpha value is -0.150. The van der Waals surface area contributed by atoms with E-state index >= 15 is 0 Å². The van der Waals surface area contributed by atoms with Crippen molar-refractivity contribution in [1.82, 2.24) is 0 Å². The Morgan fingerprint density at radius 1 is 1.21 bits per heavy atom. The van der Waals surface area contributed by atoms with E-state index in [9.17, 15) is 4.79 Å². The third-order valence-electron chi connectivity index (χ3n) is 2.36. The highest BCUT2D eigenvalue weighted by Crippen LogP contribution is 2.34. The van der Waals surface area contributed by atoms with E-state index in [1.165, 1.54) is 12.8 Å². The SMILES string of the molecule is O=C(CC1CC1)c1cc(Br)cc(Br)c1. The van der Waals surface area contributed by atoms with Gasteiger partial charge in [-0.2, -0.15) is 0 Å². The Balaban J connectivity index is 2.17. The fraction of sp³-hybridized carbons (Fsp3) is 0.364. The predicted octanol–water partition coefficient (Wildman–Crippen LogP) is 4.19. The van der Waals surface area contributed by atoms with Crippen molar-refractivity contribution in [3.05, 3.63) is 32.7 Å². The van der Waals surface area contributed by atoms with Gasteiger partial charge in [-0.05, 0) is 37.0 Å². The number of carbonyl (C=O) groups excluding carboxylic acids is 1. The fourth-order valence-corrected chi connectivity index (χ4v) is 2.71. The van der Waals surface area contributed by atoms with Gasteiger partial charge in [-0.1, -0.05) is 31.9 Å². The quantitative estimate of drug-likeness (QED) is 0.764. The molecule has 0 spiro atoms. The second kappa shape index (κ2) is 4.15. The molecule has 1 aromatic carbocycles. The minimum Gasteiger partial charge on any atom is -0.294 e. The van der Waals surface area contributed by atoms with Crippen molar-refractivity contribution < 1.29 is 4.79 Å². The van der Waals surface area contributed by atoms with Crippen LogP contribution in [0.2, 0.25) is 0 Å². The van der Waals surface area contributed by atoms with E-state index in [-0.39, 0.29) is 5.78 Å². The lowest BCUT2D eigenvalue weighted by Crippen LogP contribution is -1.99. The Bertz CT molecular complexity index is 349. The van der Waals surface area contributed by atoms with Gasteiger partial charge in [0.15, 0.2) is 5.78 Å². The third-order valence-corrected chi connectivity index (χ3v) is 3.27. The van der Waals surface area contributed by atoms with Gasteiger partial charge in [0.05, 0.1) is 0 Å². The predicted molar refractivity (Wildman–Crippen MR) is 63.5 cm³/mol. The van der Waals surface area contributed by atoms with Crippen molar-refractivity contribution in [2.24, 2.45) is 5.92 Å². The summed E-state index contributed by atoms with van der Waals surface area (Å²) in [7, 11) is 0. The maximum absolute atomic E-state index is 11.8. The first-order chi connectivity index (χ1) is 6.65. The second-order valence-electron chi connectivity index (χ2n) is 3.73. The largest absolute Gasteiger partial charge is 0.294 e. The van der Waals surface area contributed by atoms with E-state index in [0.29, 0.717) is 12.3 Å². The molecule has 2 rings (SSSR count). The maximum atomic E-state index is 11.8. The average molecular weight is 318 g/mol. The molecule has 0 amide bonds. The molecule has 1 fully saturated rings. The highest BCUT2D eigenvalue weighted by Gasteiger charge is 2.24. The topological polar surface area (TPSA) is 17.1 Å². The molecule has 0 saturated heterocycles. The number of benzene rings is 1. The number of halogens is 2. The average Bonchev–Trinajstić information content (AvgIpc) is 2.86. The summed E-state index contributed by atoms with van der Waals surface area (Å²) in [6.07, 6.45) is 3.16. The standard InChI is InChI=1S/C11H10Br2O/c12-9-4-8(5-10(13)6-9)11(14)3-7-1-2-7/h4-7H,1-3H2. The van der Waals surface area contributed by atoms with Gasteiger partial charge in [-0.25, -0.2) is 0 Å². The Labute approximate surface area is 100 Å². The van der Waals surface area contributed by atoms with Gasteiger partial charge in [0.1, 0.15) is 0 Å². The normalized spacial score (nSPS) is 15.6. The van der Waals surface area contributed by atoms with Crippen LogP contribution in [0.15, 0.2) is 27.1 Å². The van der Waals surface area contributed by atoms with E-state index < -0.39 is 0 Å². The lowest BCUT2D eigenvalue weighted by Gasteiger charge is -2.01. The van der Waals surface area contributed by atoms with Crippen LogP contribution in [0, 0.1) is 5.92 Å². The molecule has 0 radical (unpaired) electrons. The van der Waals surface area contributed by atoms with Gasteiger partial charge < -0.3 is 0 Å². The van der Waals surface area contributed by atoms with Crippen molar-refractivity contribution >= 4 is 37.6 Å². The first-order valence-corrected chi connectivity index (χ1v) is 6.23. The van der Waals surface area contributed by atoms with Gasteiger partial charge in [0.25, 0.3) is 0 Å². The first-order valence-electron chi connectivity index (χ1n) is 4.64. The molecule has 0 unspecified atom stereocenters. The van der Waals surface area contributed by atoms with Crippen LogP contribution in [0.1, 0.15) is 29.6 Å². The highest BCUT2D eigenvalue weighted by molar-refractivity contribution is 9.11. The number of hydrogen-bond acceptors (Lipinski definition) is 1. The number of ketones is 1. The van der Waals surface area contributed by atoms with E-state index in [1.807, 2.05) is 18.2 Å². The minimum atomic E-state index is 0.259. The zero-order valence-corrected chi connectivity index (χ0v) is 10.8. The zero-order valence-electron chi connectivity index (χ0n) is 7.59. The molecule has 3 heteroatoms. The maximum Gasteiger partial charge on any atom is 0.163 e. The van der Waals surface area contributed by atoms with E-state index in [0.717, 1.165) is 14.5 Å². The number of Topliss-reactive ketones (excluding diaryl/α,β-unsaturated/α-hetero) is 1. The molecule has 1 saturated carbocycles. The summed E-state index contributed by atoms with van der Waals surface area (Å²) in [4.78, 5) is 11.8. The minimum absolute atomic E-state index is 0.259. The van der Waals surface area contributed by atoms with E-state index in [4.69, 9.17) is 0 Å². The molecule has 0 aliphatic heterocycles. The molecule has 0 atom stereocenters. The van der Waals surface area contributed by atoms with Gasteiger partial charge in [-0.3, -0.25) is 4.79 Å². The third kappa shape index (κ3) is 2.67. The molecule has 74 valence electrons. The van der Waals surface area contributed by atoms with Crippen molar-refractivity contribution in [1.29, 1.82) is 0 Å². The molecule has 1 aliphatic carbocycles. The number of hydrogen-bond donors (Lipinski definition) is 0. The lowest BCUT2D eigenvalue weighted by molar-refractivity contribution is 0.0976. The van der Waals surface area contributed by atoms with Crippen LogP contribution in [-0.2, 0) is 0 Å². The molecule has 14 heavy (non-hydrogen) atoms. The lowest BCUT2D eigenvalue weighted by atomic mass is 10.1. The monoisotopic (exact) mass is 316 g/mol. The molecular formula is C11H10Br2O. The molecule has 0 N–H and O–H groups in total. The van der Waals surface area contributed by atoms with Crippen molar-refractivity contribution in [3.8, 4) is 0 Å². The summed E-state index contributed by atoms with van der Waals surface area (Å²) in [5.74, 6) is 0.912. The van der Waals surface area contributed by atoms with Gasteiger partial charge >= 0.3 is 0 Å². The van der Waals surface area contributed by atoms with Crippen molar-refractivity contribution in [2.75, 3.05) is 0 Å². The van der Waals surface area contributed by atoms with Gasteiger partial charge in [0.2, 0.25) is 0 Å². The highest BCUT2D eigenvalue weighted by atomic mass is 79.9. The molecular weight excluding hydrogens is 308 g/mol. The smallest absolute Gasteiger partial charge is 0.163 e. The summed E-state index contributed by atoms with van der Waals surface area (Å²) >= 11 is 6.76. The Morgan fingerprint density at radius 3 is 2.29 bits per heavy atom. The zero-order chi connectivity index (χ0) is 10.1. The van der Waals surface area contributed by atoms with Crippen LogP contribution in [0.5, 0.6) is 0 Å². The molecule has 1 aromatic rings. The summed E-state index contributed by atoms with van der Waals surface area (Å²) in [6.45, 7) is 0. The number of rotatable bonds is 3. The van der Waals surface area contributed by atoms with E-state index in [2.05, 4.69) is 31.9 Å². The van der Waals surface area contributed by atoms with Crippen LogP contribution in [0.4, 0.5) is 0 Å². The molecule has 1 aliphatic rings. The fourth-order valence-electron chi connectivity index (χ4n) is 1.42. The number of carbonyl (C=O) groups is 1. The van der Waals surface area contributed by atoms with E-state index in [1.54, 1.807) is 0 Å². The second-order valence-corrected chi connectivity index (χ2v) is 5.56. The van der Waals surface area contributed by atoms with Crippen LogP contribution in [0.3, 0.4) is 0 Å².